The molecule has 4 aromatic rings. The number of fused-ring (bicyclic) bond motifs is 2. The van der Waals surface area contributed by atoms with Gasteiger partial charge in [-0.2, -0.15) is 10.2 Å². The van der Waals surface area contributed by atoms with Gasteiger partial charge in [-0.05, 0) is 59.6 Å². The second-order valence-corrected chi connectivity index (χ2v) is 9.57. The molecule has 0 bridgehead atoms. The molecule has 1 unspecified atom stereocenters. The lowest BCUT2D eigenvalue weighted by Gasteiger charge is -2.21. The highest BCUT2D eigenvalue weighted by molar-refractivity contribution is 5.62. The predicted molar refractivity (Wildman–Crippen MR) is 154 cm³/mol. The summed E-state index contributed by atoms with van der Waals surface area (Å²) in [5, 5.41) is 42.0. The number of ether oxygens (including phenoxy) is 2. The van der Waals surface area contributed by atoms with Crippen molar-refractivity contribution in [3.05, 3.63) is 63.3 Å². The number of nitroso groups, excluding NO2 is 2. The zero-order valence-corrected chi connectivity index (χ0v) is 23.8. The molecular formula is C27H28N10O6. The van der Waals surface area contributed by atoms with Crippen molar-refractivity contribution in [2.75, 3.05) is 0 Å². The van der Waals surface area contributed by atoms with Gasteiger partial charge in [0.05, 0.1) is 11.4 Å². The molecule has 0 fully saturated rings. The zero-order chi connectivity index (χ0) is 30.5. The van der Waals surface area contributed by atoms with Gasteiger partial charge in [0.2, 0.25) is 5.88 Å². The van der Waals surface area contributed by atoms with Gasteiger partial charge in [0, 0.05) is 14.1 Å². The Kier molecular flexibility index (Phi) is 8.56. The Hall–Kier alpha value is -5.38. The number of aromatic nitrogens is 4. The molecule has 5 rings (SSSR count). The van der Waals surface area contributed by atoms with Crippen LogP contribution >= 0.6 is 0 Å². The highest BCUT2D eigenvalue weighted by Crippen LogP contribution is 2.44. The SMILES string of the molecule is CCCc1nn(C)c2c1/N=N/c1cc(N=O)ccc1OC(c1c(/N=N/c3cc(N=O)ccc3OO)c(CCC)nn1C)O2. The van der Waals surface area contributed by atoms with Crippen LogP contribution in [0.5, 0.6) is 17.4 Å². The van der Waals surface area contributed by atoms with Gasteiger partial charge in [0.25, 0.3) is 6.29 Å². The van der Waals surface area contributed by atoms with Crippen LogP contribution in [0, 0.1) is 9.81 Å². The van der Waals surface area contributed by atoms with Gasteiger partial charge in [0.15, 0.2) is 17.2 Å². The molecule has 16 heteroatoms. The molecule has 0 spiro atoms. The van der Waals surface area contributed by atoms with E-state index in [0.717, 1.165) is 12.8 Å². The molecule has 2 aromatic carbocycles. The molecule has 1 aliphatic rings. The Morgan fingerprint density at radius 2 is 1.58 bits per heavy atom. The van der Waals surface area contributed by atoms with Crippen LogP contribution < -0.4 is 14.4 Å². The molecule has 1 aliphatic heterocycles. The maximum absolute atomic E-state index is 11.3. The Morgan fingerprint density at radius 1 is 0.884 bits per heavy atom. The van der Waals surface area contributed by atoms with Crippen molar-refractivity contribution in [1.29, 1.82) is 0 Å². The van der Waals surface area contributed by atoms with Gasteiger partial charge in [0.1, 0.15) is 34.1 Å². The van der Waals surface area contributed by atoms with Crippen molar-refractivity contribution in [3.63, 3.8) is 0 Å². The molecule has 43 heavy (non-hydrogen) atoms. The largest absolute Gasteiger partial charge is 0.447 e. The number of aryl methyl sites for hydroxylation is 4. The zero-order valence-electron chi connectivity index (χ0n) is 23.8. The Morgan fingerprint density at radius 3 is 2.30 bits per heavy atom. The van der Waals surface area contributed by atoms with E-state index < -0.39 is 6.29 Å². The van der Waals surface area contributed by atoms with Crippen molar-refractivity contribution < 1.29 is 19.6 Å². The fraction of sp³-hybridized carbons (Fsp3) is 0.333. The summed E-state index contributed by atoms with van der Waals surface area (Å²) in [6, 6.07) is 8.53. The van der Waals surface area contributed by atoms with Gasteiger partial charge in [-0.25, -0.2) is 9.94 Å². The molecule has 3 heterocycles. The summed E-state index contributed by atoms with van der Waals surface area (Å²) in [7, 11) is 3.44. The molecule has 222 valence electrons. The summed E-state index contributed by atoms with van der Waals surface area (Å²) in [4.78, 5) is 26.8. The number of nitrogens with zero attached hydrogens (tertiary/aromatic N) is 10. The van der Waals surface area contributed by atoms with E-state index in [4.69, 9.17) is 9.47 Å². The first-order valence-corrected chi connectivity index (χ1v) is 13.4. The average Bonchev–Trinajstić information content (AvgIpc) is 3.50. The quantitative estimate of drug-likeness (QED) is 0.0832. The molecule has 0 amide bonds. The molecule has 0 saturated carbocycles. The van der Waals surface area contributed by atoms with E-state index in [-0.39, 0.29) is 34.2 Å². The normalized spacial score (nSPS) is 15.0. The lowest BCUT2D eigenvalue weighted by atomic mass is 10.2. The smallest absolute Gasteiger partial charge is 0.288 e. The molecule has 0 radical (unpaired) electrons. The van der Waals surface area contributed by atoms with Crippen molar-refractivity contribution in [2.45, 2.75) is 45.8 Å². The van der Waals surface area contributed by atoms with Crippen molar-refractivity contribution in [2.24, 2.45) is 44.9 Å². The molecule has 0 aliphatic carbocycles. The van der Waals surface area contributed by atoms with Gasteiger partial charge in [-0.3, -0.25) is 4.68 Å². The average molecular weight is 589 g/mol. The van der Waals surface area contributed by atoms with Crippen molar-refractivity contribution in [3.8, 4) is 17.4 Å². The lowest BCUT2D eigenvalue weighted by Crippen LogP contribution is -2.20. The third kappa shape index (κ3) is 5.85. The molecule has 0 saturated heterocycles. The minimum absolute atomic E-state index is 0.0340. The van der Waals surface area contributed by atoms with E-state index in [1.54, 1.807) is 29.5 Å². The third-order valence-electron chi connectivity index (χ3n) is 6.54. The Bertz CT molecular complexity index is 1730. The summed E-state index contributed by atoms with van der Waals surface area (Å²) in [5.41, 5.74) is 2.93. The molecule has 1 atom stereocenters. The summed E-state index contributed by atoms with van der Waals surface area (Å²) >= 11 is 0. The van der Waals surface area contributed by atoms with Crippen LogP contribution in [-0.2, 0) is 26.9 Å². The Labute approximate surface area is 244 Å². The van der Waals surface area contributed by atoms with E-state index in [1.165, 1.54) is 30.3 Å². The first-order chi connectivity index (χ1) is 20.9. The van der Waals surface area contributed by atoms with Crippen LogP contribution in [0.4, 0.5) is 34.1 Å². The van der Waals surface area contributed by atoms with Crippen LogP contribution in [0.15, 0.2) is 67.2 Å². The summed E-state index contributed by atoms with van der Waals surface area (Å²) < 4.78 is 16.0. The fourth-order valence-electron chi connectivity index (χ4n) is 4.57. The van der Waals surface area contributed by atoms with Crippen molar-refractivity contribution in [1.82, 2.24) is 19.6 Å². The van der Waals surface area contributed by atoms with Crippen LogP contribution in [0.3, 0.4) is 0 Å². The van der Waals surface area contributed by atoms with Crippen LogP contribution in [0.2, 0.25) is 0 Å². The lowest BCUT2D eigenvalue weighted by molar-refractivity contribution is -0.137. The highest BCUT2D eigenvalue weighted by Gasteiger charge is 2.32. The number of hydrogen-bond donors (Lipinski definition) is 1. The minimum atomic E-state index is -1.17. The topological polar surface area (TPSA) is 192 Å². The summed E-state index contributed by atoms with van der Waals surface area (Å²) in [6.07, 6.45) is 1.54. The van der Waals surface area contributed by atoms with E-state index in [1.807, 2.05) is 13.8 Å². The standard InChI is InChI=1S/C27H28N10O6/c1-5-7-17-23(30-29-20-14-16(35-39)10-12-22(20)43-40)25(36(3)32-17)27-41-21-11-9-15(34-38)13-19(21)28-31-24-18(8-6-2)33-37(4)26(24)42-27/h9-14,27,40H,5-8H2,1-4H3/b30-29+,31-28+. The van der Waals surface area contributed by atoms with E-state index >= 15 is 0 Å². The monoisotopic (exact) mass is 588 g/mol. The van der Waals surface area contributed by atoms with Crippen LogP contribution in [0.1, 0.15) is 50.1 Å². The fourth-order valence-corrected chi connectivity index (χ4v) is 4.57. The first-order valence-electron chi connectivity index (χ1n) is 13.4. The summed E-state index contributed by atoms with van der Waals surface area (Å²) in [6.45, 7) is 4.02. The second-order valence-electron chi connectivity index (χ2n) is 9.57. The van der Waals surface area contributed by atoms with Crippen molar-refractivity contribution >= 4 is 34.1 Å². The predicted octanol–water partition coefficient (Wildman–Crippen LogP) is 8.01. The minimum Gasteiger partial charge on any atom is -0.447 e. The molecule has 16 nitrogen and oxygen atoms in total. The number of azo groups is 2. The van der Waals surface area contributed by atoms with Gasteiger partial charge in [-0.15, -0.1) is 30.3 Å². The van der Waals surface area contributed by atoms with E-state index in [2.05, 4.69) is 45.9 Å². The van der Waals surface area contributed by atoms with E-state index in [0.29, 0.717) is 47.2 Å². The molecule has 1 N–H and O–H groups in total. The van der Waals surface area contributed by atoms with Crippen LogP contribution in [-0.4, -0.2) is 24.8 Å². The van der Waals surface area contributed by atoms with Gasteiger partial charge in [-0.1, -0.05) is 26.7 Å². The second kappa shape index (κ2) is 12.6. The maximum Gasteiger partial charge on any atom is 0.288 e. The Balaban J connectivity index is 1.69. The number of hydrogen-bond acceptors (Lipinski definition) is 14. The van der Waals surface area contributed by atoms with Gasteiger partial charge < -0.3 is 14.4 Å². The third-order valence-corrected chi connectivity index (χ3v) is 6.54. The maximum atomic E-state index is 11.3. The highest BCUT2D eigenvalue weighted by atomic mass is 17.1. The first kappa shape index (κ1) is 29.1. The number of rotatable bonds is 10. The molecular weight excluding hydrogens is 560 g/mol. The number of benzene rings is 2. The van der Waals surface area contributed by atoms with Crippen LogP contribution in [0.25, 0.3) is 0 Å². The van der Waals surface area contributed by atoms with Gasteiger partial charge >= 0.3 is 0 Å². The molecule has 2 aromatic heterocycles. The summed E-state index contributed by atoms with van der Waals surface area (Å²) in [5.74, 6) is 0.523. The van der Waals surface area contributed by atoms with E-state index in [9.17, 15) is 15.1 Å².